The molecule has 1 aliphatic heterocycles. The van der Waals surface area contributed by atoms with Crippen molar-refractivity contribution in [1.82, 2.24) is 40.6 Å². The van der Waals surface area contributed by atoms with Crippen molar-refractivity contribution in [3.05, 3.63) is 95.2 Å². The van der Waals surface area contributed by atoms with Crippen LogP contribution in [0.25, 0.3) is 17.0 Å². The van der Waals surface area contributed by atoms with Gasteiger partial charge in [-0.25, -0.2) is 27.8 Å². The lowest BCUT2D eigenvalue weighted by Gasteiger charge is -2.20. The van der Waals surface area contributed by atoms with Crippen molar-refractivity contribution in [3.63, 3.8) is 0 Å². The molecular formula is C65H101N10O26P4S+. The highest BCUT2D eigenvalue weighted by Crippen LogP contribution is 2.48. The van der Waals surface area contributed by atoms with Crippen molar-refractivity contribution in [2.24, 2.45) is 0 Å². The largest absolute Gasteiger partial charge is 0.472 e. The minimum absolute atomic E-state index is 0.0240. The van der Waals surface area contributed by atoms with Crippen molar-refractivity contribution in [1.29, 1.82) is 0 Å². The standard InChI is InChI=1S/C65H100N10O26P4S/c1-88-102(80,81)98-45-41-90-37-39-92-43-47-100-104(84,85)96-35-15-7-3-5-9-19-57(76)26-31-73-52-55(68-70-73)50-66-64(78)94-33-17-28-72-30-25-54(59-21-11-12-22-60(59)72)49-63-75(61-23-13-14-24-62(61)106-63)29-18-34-95-65(79)67-51-56-53-74(71-69-56)32-27-58(77)20-10-6-4-8-16-36-97-105(86,87)101-48-44-93-40-38-91-42-46-99-103(82,83)89-2/h11-14,21-25,30,49,52-53H,3-10,15-20,26-29,31-48,50-51H2,1-2H3,(H5-,66,67,78,79,80,81,82,83,84,85,86,87)/p+1. The molecule has 4 atom stereocenters. The number of anilines is 1. The second kappa shape index (κ2) is 50.1. The molecule has 1 aliphatic rings. The van der Waals surface area contributed by atoms with E-state index in [4.69, 9.17) is 56.3 Å². The van der Waals surface area contributed by atoms with Gasteiger partial charge in [0.15, 0.2) is 12.7 Å². The lowest BCUT2D eigenvalue weighted by molar-refractivity contribution is -0.672. The van der Waals surface area contributed by atoms with Crippen molar-refractivity contribution < 1.29 is 126 Å². The van der Waals surface area contributed by atoms with E-state index in [9.17, 15) is 47.2 Å². The van der Waals surface area contributed by atoms with E-state index < -0.39 is 43.5 Å². The molecule has 0 fully saturated rings. The number of nitrogens with zero attached hydrogens (tertiary/aromatic N) is 8. The first-order valence-electron chi connectivity index (χ1n) is 35.0. The van der Waals surface area contributed by atoms with Crippen LogP contribution in [0.2, 0.25) is 0 Å². The first-order chi connectivity index (χ1) is 51.1. The third-order valence-electron chi connectivity index (χ3n) is 15.5. The first-order valence-corrected chi connectivity index (χ1v) is 41.8. The lowest BCUT2D eigenvalue weighted by Crippen LogP contribution is -2.35. The molecule has 0 saturated heterocycles. The second-order valence-electron chi connectivity index (χ2n) is 23.6. The van der Waals surface area contributed by atoms with Crippen LogP contribution >= 0.6 is 43.1 Å². The summed E-state index contributed by atoms with van der Waals surface area (Å²) >= 11 is 1.67. The number of fused-ring (bicyclic) bond motifs is 2. The Kier molecular flexibility index (Phi) is 42.1. The third-order valence-corrected chi connectivity index (χ3v) is 20.6. The normalized spacial score (nSPS) is 14.9. The van der Waals surface area contributed by atoms with Crippen LogP contribution in [0, 0.1) is 0 Å². The van der Waals surface area contributed by atoms with E-state index in [0.717, 1.165) is 84.8 Å². The molecular weight excluding hydrogens is 1490 g/mol. The number of para-hydroxylation sites is 2. The molecule has 6 rings (SSSR count). The second-order valence-corrected chi connectivity index (χ2v) is 30.7. The van der Waals surface area contributed by atoms with Crippen LogP contribution in [0.15, 0.2) is 83.1 Å². The summed E-state index contributed by atoms with van der Waals surface area (Å²) in [6.45, 7) is 2.62. The van der Waals surface area contributed by atoms with Crippen LogP contribution in [0.1, 0.15) is 120 Å². The maximum atomic E-state index is 12.8. The summed E-state index contributed by atoms with van der Waals surface area (Å²) in [7, 11) is -14.5. The molecule has 5 aromatic rings. The Bertz CT molecular complexity index is 3670. The van der Waals surface area contributed by atoms with Gasteiger partial charge in [0.05, 0.1) is 147 Å². The topological polar surface area (TPSA) is 439 Å². The van der Waals surface area contributed by atoms with Gasteiger partial charge >= 0.3 is 43.5 Å². The quantitative estimate of drug-likeness (QED) is 0.0120. The number of nitrogens with one attached hydrogen (secondary N) is 2. The lowest BCUT2D eigenvalue weighted by atomic mass is 10.1. The van der Waals surface area contributed by atoms with E-state index in [-0.39, 0.29) is 143 Å². The number of alkyl carbamates (subject to hydrolysis) is 2. The molecule has 0 saturated carbocycles. The van der Waals surface area contributed by atoms with E-state index >= 15 is 0 Å². The van der Waals surface area contributed by atoms with E-state index in [0.29, 0.717) is 88.9 Å². The van der Waals surface area contributed by atoms with Crippen molar-refractivity contribution in [2.75, 3.05) is 131 Å². The maximum absolute atomic E-state index is 12.8. The van der Waals surface area contributed by atoms with Gasteiger partial charge in [0, 0.05) is 83.0 Å². The number of ketones is 2. The number of aryl methyl sites for hydroxylation is 3. The number of ether oxygens (including phenoxy) is 6. The number of pyridine rings is 1. The van der Waals surface area contributed by atoms with E-state index in [1.807, 2.05) is 30.5 Å². The Morgan fingerprint density at radius 1 is 0.481 bits per heavy atom. The van der Waals surface area contributed by atoms with Gasteiger partial charge in [0.1, 0.15) is 23.0 Å². The summed E-state index contributed by atoms with van der Waals surface area (Å²) in [6, 6.07) is 18.4. The maximum Gasteiger partial charge on any atom is 0.472 e. The fraction of sp³-hybridized carbons (Fsp3) is 0.615. The van der Waals surface area contributed by atoms with Crippen molar-refractivity contribution in [2.45, 2.75) is 140 Å². The molecule has 2 aromatic carbocycles. The van der Waals surface area contributed by atoms with E-state index in [1.165, 1.54) is 0 Å². The molecule has 2 amide bonds. The predicted octanol–water partition coefficient (Wildman–Crippen LogP) is 9.31. The van der Waals surface area contributed by atoms with Gasteiger partial charge in [-0.15, -0.1) is 10.2 Å². The molecule has 4 heterocycles. The Balaban J connectivity index is 0.771. The smallest absolute Gasteiger partial charge is 0.449 e. The highest BCUT2D eigenvalue weighted by atomic mass is 32.2. The van der Waals surface area contributed by atoms with Crippen LogP contribution in [-0.2, 0) is 125 Å². The average molecular weight is 1590 g/mol. The Morgan fingerprint density at radius 2 is 0.915 bits per heavy atom. The molecule has 3 aromatic heterocycles. The first kappa shape index (κ1) is 89.1. The van der Waals surface area contributed by atoms with Crippen LogP contribution in [0.3, 0.4) is 0 Å². The van der Waals surface area contributed by atoms with Gasteiger partial charge in [-0.05, 0) is 61.9 Å². The van der Waals surface area contributed by atoms with E-state index in [2.05, 4.69) is 95.2 Å². The molecule has 41 heteroatoms. The number of phosphoric ester groups is 4. The SMILES string of the molecule is COP(=O)(O)OCCOCCOCCOP(=O)(O)OCCCCCCCC(=O)CCn1cc(CNC(=O)OCCCN2C(=Cc3cc[n+](CCCOC(=O)NCc4cn(CCC(=O)CCCCCCCOP(=O)(O)OCCOCCOCCOP(=O)(O)OC)nn4)c4ccccc34)Sc3ccccc32)nn1. The summed E-state index contributed by atoms with van der Waals surface area (Å²) in [5, 5.41) is 24.0. The zero-order valence-electron chi connectivity index (χ0n) is 59.9. The summed E-state index contributed by atoms with van der Waals surface area (Å²) < 4.78 is 121. The van der Waals surface area contributed by atoms with Crippen LogP contribution in [0.4, 0.5) is 15.3 Å². The number of aromatic nitrogens is 7. The minimum atomic E-state index is -4.24. The van der Waals surface area contributed by atoms with Crippen LogP contribution in [0.5, 0.6) is 0 Å². The molecule has 0 aliphatic carbocycles. The van der Waals surface area contributed by atoms with Gasteiger partial charge in [-0.3, -0.25) is 55.1 Å². The molecule has 592 valence electrons. The molecule has 4 unspecified atom stereocenters. The van der Waals surface area contributed by atoms with Crippen LogP contribution in [-0.4, -0.2) is 200 Å². The number of amides is 2. The number of Topliss-reactive ketones (excluding diaryl/α,β-unsaturated/α-hetero) is 2. The monoisotopic (exact) mass is 1590 g/mol. The highest BCUT2D eigenvalue weighted by molar-refractivity contribution is 8.03. The van der Waals surface area contributed by atoms with Gasteiger partial charge in [0.2, 0.25) is 5.52 Å². The number of phosphoric acid groups is 4. The molecule has 36 nitrogen and oxygen atoms in total. The fourth-order valence-corrected chi connectivity index (χ4v) is 13.5. The Morgan fingerprint density at radius 3 is 1.42 bits per heavy atom. The van der Waals surface area contributed by atoms with Gasteiger partial charge in [-0.2, -0.15) is 4.57 Å². The van der Waals surface area contributed by atoms with Gasteiger partial charge in [0.25, 0.3) is 0 Å². The number of benzene rings is 2. The fourth-order valence-electron chi connectivity index (χ4n) is 10.1. The number of rotatable bonds is 61. The number of thioether (sulfide) groups is 1. The van der Waals surface area contributed by atoms with Gasteiger partial charge in [-0.1, -0.05) is 85.0 Å². The average Bonchev–Trinajstić information content (AvgIpc) is 1.54. The Labute approximate surface area is 620 Å². The molecule has 0 bridgehead atoms. The zero-order chi connectivity index (χ0) is 76.1. The van der Waals surface area contributed by atoms with E-state index in [1.54, 1.807) is 33.5 Å². The number of carbonyl (C=O) groups is 4. The third kappa shape index (κ3) is 37.5. The summed E-state index contributed by atoms with van der Waals surface area (Å²) in [5.41, 5.74) is 4.11. The summed E-state index contributed by atoms with van der Waals surface area (Å²) in [6.07, 6.45) is 16.1. The molecule has 6 N–H and O–H groups in total. The molecule has 0 radical (unpaired) electrons. The molecule has 106 heavy (non-hydrogen) atoms. The number of hydrogen-bond acceptors (Lipinski definition) is 28. The molecule has 0 spiro atoms. The summed E-state index contributed by atoms with van der Waals surface area (Å²) in [5.74, 6) is 0.174. The minimum Gasteiger partial charge on any atom is -0.449 e. The highest BCUT2D eigenvalue weighted by Gasteiger charge is 2.27. The summed E-state index contributed by atoms with van der Waals surface area (Å²) in [4.78, 5) is 92.1. The Hall–Kier alpha value is -5.82. The zero-order valence-corrected chi connectivity index (χ0v) is 64.3. The van der Waals surface area contributed by atoms with Crippen LogP contribution < -0.4 is 20.1 Å². The van der Waals surface area contributed by atoms with Crippen molar-refractivity contribution >= 4 is 89.5 Å². The predicted molar refractivity (Wildman–Crippen MR) is 384 cm³/mol. The van der Waals surface area contributed by atoms with Gasteiger partial charge < -0.3 is 63.5 Å². The number of carbonyl (C=O) groups excluding carboxylic acids is 4. The number of hydrogen-bond donors (Lipinski definition) is 6. The number of unbranched alkanes of at least 4 members (excludes halogenated alkanes) is 8. The van der Waals surface area contributed by atoms with Crippen molar-refractivity contribution in [3.8, 4) is 0 Å².